The fourth-order valence-electron chi connectivity index (χ4n) is 3.69. The summed E-state index contributed by atoms with van der Waals surface area (Å²) in [5.74, 6) is -0.137. The predicted octanol–water partition coefficient (Wildman–Crippen LogP) is 5.49. The standard InChI is InChI=1S/C23H19N3OS/c27-22(26-23-25-19-12-6-7-13-21(19)28-23)17-14-20(15-8-2-1-3-9-15)24-18-11-5-4-10-16(17)18/h1-5,8-11,14H,6-7,12-13H2,(H,25,26,27). The van der Waals surface area contributed by atoms with Crippen molar-refractivity contribution in [2.24, 2.45) is 0 Å². The van der Waals surface area contributed by atoms with Crippen molar-refractivity contribution in [1.29, 1.82) is 0 Å². The molecule has 1 aliphatic carbocycles. The van der Waals surface area contributed by atoms with E-state index in [4.69, 9.17) is 4.98 Å². The molecule has 4 aromatic rings. The molecule has 1 amide bonds. The average Bonchev–Trinajstić information content (AvgIpc) is 3.15. The summed E-state index contributed by atoms with van der Waals surface area (Å²) < 4.78 is 0. The Morgan fingerprint density at radius 2 is 1.71 bits per heavy atom. The fourth-order valence-corrected chi connectivity index (χ4v) is 4.73. The highest BCUT2D eigenvalue weighted by atomic mass is 32.1. The van der Waals surface area contributed by atoms with Crippen molar-refractivity contribution in [1.82, 2.24) is 9.97 Å². The Kier molecular flexibility index (Phi) is 4.37. The average molecular weight is 385 g/mol. The van der Waals surface area contributed by atoms with Gasteiger partial charge in [0, 0.05) is 15.8 Å². The van der Waals surface area contributed by atoms with E-state index in [9.17, 15) is 4.79 Å². The number of pyridine rings is 1. The van der Waals surface area contributed by atoms with Gasteiger partial charge >= 0.3 is 0 Å². The highest BCUT2D eigenvalue weighted by Gasteiger charge is 2.19. The van der Waals surface area contributed by atoms with Crippen LogP contribution in [0.3, 0.4) is 0 Å². The minimum atomic E-state index is -0.137. The Hall–Kier alpha value is -3.05. The second-order valence-corrected chi connectivity index (χ2v) is 8.07. The van der Waals surface area contributed by atoms with Crippen LogP contribution < -0.4 is 5.32 Å². The van der Waals surface area contributed by atoms with E-state index in [1.54, 1.807) is 11.3 Å². The Labute approximate surface area is 167 Å². The molecule has 0 bridgehead atoms. The fraction of sp³-hybridized carbons (Fsp3) is 0.174. The molecule has 0 atom stereocenters. The van der Waals surface area contributed by atoms with E-state index < -0.39 is 0 Å². The molecule has 4 nitrogen and oxygen atoms in total. The topological polar surface area (TPSA) is 54.9 Å². The smallest absolute Gasteiger partial charge is 0.258 e. The number of carbonyl (C=O) groups excluding carboxylic acids is 1. The second-order valence-electron chi connectivity index (χ2n) is 6.99. The molecule has 0 saturated heterocycles. The van der Waals surface area contributed by atoms with Gasteiger partial charge in [-0.2, -0.15) is 0 Å². The Bertz CT molecular complexity index is 1140. The molecule has 5 rings (SSSR count). The van der Waals surface area contributed by atoms with Crippen LogP contribution >= 0.6 is 11.3 Å². The summed E-state index contributed by atoms with van der Waals surface area (Å²) >= 11 is 1.61. The van der Waals surface area contributed by atoms with Crippen LogP contribution in [0, 0.1) is 0 Å². The summed E-state index contributed by atoms with van der Waals surface area (Å²) in [5, 5.41) is 4.57. The number of rotatable bonds is 3. The number of nitrogens with zero attached hydrogens (tertiary/aromatic N) is 2. The Balaban J connectivity index is 1.55. The molecule has 1 aliphatic rings. The summed E-state index contributed by atoms with van der Waals surface area (Å²) in [4.78, 5) is 23.9. The molecule has 0 saturated carbocycles. The van der Waals surface area contributed by atoms with E-state index in [2.05, 4.69) is 10.3 Å². The number of amides is 1. The highest BCUT2D eigenvalue weighted by Crippen LogP contribution is 2.31. The second kappa shape index (κ2) is 7.17. The van der Waals surface area contributed by atoms with Gasteiger partial charge in [0.1, 0.15) is 0 Å². The number of carbonyl (C=O) groups is 1. The zero-order valence-electron chi connectivity index (χ0n) is 15.3. The number of aromatic nitrogens is 2. The molecule has 0 spiro atoms. The van der Waals surface area contributed by atoms with Crippen LogP contribution in [0.5, 0.6) is 0 Å². The minimum absolute atomic E-state index is 0.137. The lowest BCUT2D eigenvalue weighted by atomic mass is 10.0. The van der Waals surface area contributed by atoms with Crippen LogP contribution in [0.25, 0.3) is 22.2 Å². The number of aryl methyl sites for hydroxylation is 2. The predicted molar refractivity (Wildman–Crippen MR) is 114 cm³/mol. The van der Waals surface area contributed by atoms with Crippen molar-refractivity contribution in [3.05, 3.63) is 76.8 Å². The lowest BCUT2D eigenvalue weighted by Crippen LogP contribution is -2.13. The maximum absolute atomic E-state index is 13.2. The zero-order valence-corrected chi connectivity index (χ0v) is 16.1. The van der Waals surface area contributed by atoms with Gasteiger partial charge in [-0.05, 0) is 37.8 Å². The molecule has 138 valence electrons. The molecule has 28 heavy (non-hydrogen) atoms. The summed E-state index contributed by atoms with van der Waals surface area (Å²) in [5.41, 5.74) is 4.37. The molecule has 2 aromatic carbocycles. The van der Waals surface area contributed by atoms with Crippen molar-refractivity contribution in [3.63, 3.8) is 0 Å². The number of nitrogens with one attached hydrogen (secondary N) is 1. The van der Waals surface area contributed by atoms with Crippen molar-refractivity contribution < 1.29 is 4.79 Å². The van der Waals surface area contributed by atoms with Crippen molar-refractivity contribution in [2.45, 2.75) is 25.7 Å². The van der Waals surface area contributed by atoms with Gasteiger partial charge in [0.15, 0.2) is 5.13 Å². The van der Waals surface area contributed by atoms with Crippen LogP contribution in [-0.2, 0) is 12.8 Å². The molecule has 0 unspecified atom stereocenters. The largest absolute Gasteiger partial charge is 0.298 e. The van der Waals surface area contributed by atoms with Gasteiger partial charge < -0.3 is 0 Å². The quantitative estimate of drug-likeness (QED) is 0.507. The molecule has 0 fully saturated rings. The molecule has 1 N–H and O–H groups in total. The first-order valence-electron chi connectivity index (χ1n) is 9.53. The Morgan fingerprint density at radius 3 is 2.57 bits per heavy atom. The maximum Gasteiger partial charge on any atom is 0.258 e. The van der Waals surface area contributed by atoms with Gasteiger partial charge in [0.25, 0.3) is 5.91 Å². The van der Waals surface area contributed by atoms with Gasteiger partial charge in [0.2, 0.25) is 0 Å². The zero-order chi connectivity index (χ0) is 18.9. The number of anilines is 1. The van der Waals surface area contributed by atoms with Crippen LogP contribution in [0.15, 0.2) is 60.7 Å². The number of hydrogen-bond acceptors (Lipinski definition) is 4. The number of fused-ring (bicyclic) bond motifs is 2. The number of benzene rings is 2. The normalized spacial score (nSPS) is 13.3. The molecule has 2 heterocycles. The molecule has 2 aromatic heterocycles. The van der Waals surface area contributed by atoms with E-state index in [0.717, 1.165) is 40.7 Å². The minimum Gasteiger partial charge on any atom is -0.298 e. The van der Waals surface area contributed by atoms with Gasteiger partial charge in [-0.15, -0.1) is 11.3 Å². The summed E-state index contributed by atoms with van der Waals surface area (Å²) in [6.07, 6.45) is 4.47. The third kappa shape index (κ3) is 3.18. The van der Waals surface area contributed by atoms with Crippen molar-refractivity contribution in [2.75, 3.05) is 5.32 Å². The Morgan fingerprint density at radius 1 is 0.929 bits per heavy atom. The first-order chi connectivity index (χ1) is 13.8. The van der Waals surface area contributed by atoms with E-state index in [0.29, 0.717) is 10.7 Å². The molecular weight excluding hydrogens is 366 g/mol. The molecule has 5 heteroatoms. The third-order valence-corrected chi connectivity index (χ3v) is 6.17. The first-order valence-corrected chi connectivity index (χ1v) is 10.3. The number of thiazole rings is 1. The van der Waals surface area contributed by atoms with E-state index in [1.165, 1.54) is 17.7 Å². The lowest BCUT2D eigenvalue weighted by molar-refractivity contribution is 0.102. The van der Waals surface area contributed by atoms with Gasteiger partial charge in [-0.1, -0.05) is 48.5 Å². The van der Waals surface area contributed by atoms with E-state index in [-0.39, 0.29) is 5.91 Å². The SMILES string of the molecule is O=C(Nc1nc2c(s1)CCCC2)c1cc(-c2ccccc2)nc2ccccc12. The highest BCUT2D eigenvalue weighted by molar-refractivity contribution is 7.15. The van der Waals surface area contributed by atoms with Crippen molar-refractivity contribution >= 4 is 33.3 Å². The number of hydrogen-bond donors (Lipinski definition) is 1. The van der Waals surface area contributed by atoms with Crippen LogP contribution in [0.2, 0.25) is 0 Å². The van der Waals surface area contributed by atoms with E-state index >= 15 is 0 Å². The third-order valence-electron chi connectivity index (χ3n) is 5.10. The summed E-state index contributed by atoms with van der Waals surface area (Å²) in [6.45, 7) is 0. The maximum atomic E-state index is 13.2. The summed E-state index contributed by atoms with van der Waals surface area (Å²) in [7, 11) is 0. The van der Waals surface area contributed by atoms with E-state index in [1.807, 2.05) is 60.7 Å². The molecule has 0 radical (unpaired) electrons. The monoisotopic (exact) mass is 385 g/mol. The van der Waals surface area contributed by atoms with Gasteiger partial charge in [-0.25, -0.2) is 9.97 Å². The van der Waals surface area contributed by atoms with Crippen molar-refractivity contribution in [3.8, 4) is 11.3 Å². The lowest BCUT2D eigenvalue weighted by Gasteiger charge is -2.09. The van der Waals surface area contributed by atoms with Crippen LogP contribution in [0.4, 0.5) is 5.13 Å². The van der Waals surface area contributed by atoms with Crippen LogP contribution in [-0.4, -0.2) is 15.9 Å². The number of para-hydroxylation sites is 1. The molecular formula is C23H19N3OS. The van der Waals surface area contributed by atoms with Gasteiger partial charge in [0.05, 0.1) is 22.5 Å². The first kappa shape index (κ1) is 17.1. The molecule has 0 aliphatic heterocycles. The van der Waals surface area contributed by atoms with Crippen LogP contribution in [0.1, 0.15) is 33.8 Å². The van der Waals surface area contributed by atoms with Gasteiger partial charge in [-0.3, -0.25) is 10.1 Å². The summed E-state index contributed by atoms with van der Waals surface area (Å²) in [6, 6.07) is 19.6.